The fraction of sp³-hybridized carbons (Fsp3) is 0.304. The topological polar surface area (TPSA) is 63.9 Å². The Balaban J connectivity index is 1.28. The van der Waals surface area contributed by atoms with Gasteiger partial charge in [-0.2, -0.15) is 0 Å². The van der Waals surface area contributed by atoms with Gasteiger partial charge < -0.3 is 9.47 Å². The minimum atomic E-state index is 0.0782. The van der Waals surface area contributed by atoms with E-state index >= 15 is 0 Å². The Morgan fingerprint density at radius 3 is 2.77 bits per heavy atom. The number of likely N-dealkylation sites (tertiary alicyclic amines) is 1. The summed E-state index contributed by atoms with van der Waals surface area (Å²) in [4.78, 5) is 19.9. The summed E-state index contributed by atoms with van der Waals surface area (Å²) in [6.07, 6.45) is 1.99. The number of hydrogen-bond donors (Lipinski definition) is 0. The minimum Gasteiger partial charge on any atom is -0.332 e. The van der Waals surface area contributed by atoms with E-state index in [4.69, 9.17) is 4.98 Å². The van der Waals surface area contributed by atoms with E-state index in [0.29, 0.717) is 12.3 Å². The second kappa shape index (κ2) is 8.80. The third-order valence-electron chi connectivity index (χ3n) is 5.58. The molecule has 31 heavy (non-hydrogen) atoms. The van der Waals surface area contributed by atoms with Crippen molar-refractivity contribution < 1.29 is 4.79 Å². The predicted molar refractivity (Wildman–Crippen MR) is 124 cm³/mol. The van der Waals surface area contributed by atoms with Gasteiger partial charge in [-0.25, -0.2) is 4.98 Å². The normalized spacial score (nSPS) is 16.3. The molecule has 1 aliphatic heterocycles. The van der Waals surface area contributed by atoms with E-state index in [2.05, 4.69) is 33.0 Å². The van der Waals surface area contributed by atoms with Crippen LogP contribution in [-0.4, -0.2) is 42.9 Å². The molecular formula is C23H23N5OS2. The number of aromatic nitrogens is 4. The van der Waals surface area contributed by atoms with Crippen molar-refractivity contribution in [3.63, 3.8) is 0 Å². The summed E-state index contributed by atoms with van der Waals surface area (Å²) in [6.45, 7) is 3.44. The fourth-order valence-corrected chi connectivity index (χ4v) is 5.96. The van der Waals surface area contributed by atoms with Gasteiger partial charge in [0, 0.05) is 6.54 Å². The summed E-state index contributed by atoms with van der Waals surface area (Å²) < 4.78 is 3.25. The minimum absolute atomic E-state index is 0.0782. The highest BCUT2D eigenvalue weighted by Gasteiger charge is 2.32. The first-order chi connectivity index (χ1) is 15.2. The number of para-hydroxylation sites is 1. The zero-order valence-electron chi connectivity index (χ0n) is 17.3. The van der Waals surface area contributed by atoms with Crippen LogP contribution in [0.15, 0.2) is 59.8 Å². The average molecular weight is 450 g/mol. The Morgan fingerprint density at radius 1 is 1.13 bits per heavy atom. The zero-order chi connectivity index (χ0) is 21.2. The monoisotopic (exact) mass is 449 g/mol. The van der Waals surface area contributed by atoms with E-state index in [9.17, 15) is 4.79 Å². The number of thiazole rings is 1. The van der Waals surface area contributed by atoms with Gasteiger partial charge in [-0.05, 0) is 37.5 Å². The molecule has 6 nitrogen and oxygen atoms in total. The van der Waals surface area contributed by atoms with Gasteiger partial charge in [0.15, 0.2) is 5.16 Å². The van der Waals surface area contributed by atoms with Crippen molar-refractivity contribution in [2.24, 2.45) is 0 Å². The molecule has 1 amide bonds. The Hall–Kier alpha value is -2.71. The lowest BCUT2D eigenvalue weighted by molar-refractivity contribution is -0.129. The van der Waals surface area contributed by atoms with Gasteiger partial charge in [-0.3, -0.25) is 4.79 Å². The summed E-state index contributed by atoms with van der Waals surface area (Å²) in [5.41, 5.74) is 2.20. The summed E-state index contributed by atoms with van der Waals surface area (Å²) in [6, 6.07) is 18.5. The van der Waals surface area contributed by atoms with Crippen LogP contribution in [-0.2, 0) is 11.3 Å². The molecule has 158 valence electrons. The molecule has 1 fully saturated rings. The average Bonchev–Trinajstić information content (AvgIpc) is 3.52. The van der Waals surface area contributed by atoms with Gasteiger partial charge in [0.1, 0.15) is 10.8 Å². The molecule has 1 aliphatic rings. The van der Waals surface area contributed by atoms with Gasteiger partial charge in [0.25, 0.3) is 0 Å². The SMILES string of the molecule is Cc1nnc(SCC(=O)N2CCC[C@@H]2c2nc3ccccc3s2)n1Cc1ccccc1. The zero-order valence-corrected chi connectivity index (χ0v) is 18.9. The number of thioether (sulfide) groups is 1. The van der Waals surface area contributed by atoms with Crippen LogP contribution in [0.4, 0.5) is 0 Å². The van der Waals surface area contributed by atoms with Crippen LogP contribution in [0.1, 0.15) is 35.3 Å². The molecule has 0 bridgehead atoms. The lowest BCUT2D eigenvalue weighted by atomic mass is 10.2. The quantitative estimate of drug-likeness (QED) is 0.399. The van der Waals surface area contributed by atoms with Gasteiger partial charge in [0.05, 0.1) is 28.6 Å². The molecule has 2 aromatic heterocycles. The van der Waals surface area contributed by atoms with Crippen molar-refractivity contribution in [2.45, 2.75) is 37.5 Å². The third kappa shape index (κ3) is 4.22. The molecule has 3 heterocycles. The Bertz CT molecular complexity index is 1170. The summed E-state index contributed by atoms with van der Waals surface area (Å²) >= 11 is 3.16. The molecule has 2 aromatic carbocycles. The summed E-state index contributed by atoms with van der Waals surface area (Å²) in [5.74, 6) is 1.35. The standard InChI is InChI=1S/C23H23N5OS2/c1-16-25-26-23(28(16)14-17-8-3-2-4-9-17)30-15-21(29)27-13-7-11-19(27)22-24-18-10-5-6-12-20(18)31-22/h2-6,8-10,12,19H,7,11,13-15H2,1H3/t19-/m1/s1. The molecule has 1 atom stereocenters. The van der Waals surface area contributed by atoms with E-state index in [-0.39, 0.29) is 11.9 Å². The summed E-state index contributed by atoms with van der Waals surface area (Å²) in [5, 5.41) is 10.4. The lowest BCUT2D eigenvalue weighted by Crippen LogP contribution is -2.32. The van der Waals surface area contributed by atoms with Crippen LogP contribution in [0, 0.1) is 6.92 Å². The van der Waals surface area contributed by atoms with E-state index in [0.717, 1.165) is 40.9 Å². The Kier molecular flexibility index (Phi) is 5.74. The van der Waals surface area contributed by atoms with Crippen LogP contribution in [0.2, 0.25) is 0 Å². The van der Waals surface area contributed by atoms with Gasteiger partial charge in [-0.1, -0.05) is 54.2 Å². The number of nitrogens with zero attached hydrogens (tertiary/aromatic N) is 5. The van der Waals surface area contributed by atoms with E-state index in [1.165, 1.54) is 22.0 Å². The maximum Gasteiger partial charge on any atom is 0.233 e. The van der Waals surface area contributed by atoms with Crippen molar-refractivity contribution >= 4 is 39.2 Å². The predicted octanol–water partition coefficient (Wildman–Crippen LogP) is 4.70. The maximum atomic E-state index is 13.1. The highest BCUT2D eigenvalue weighted by Crippen LogP contribution is 2.37. The van der Waals surface area contributed by atoms with Crippen molar-refractivity contribution in [3.8, 4) is 0 Å². The first kappa shape index (κ1) is 20.2. The van der Waals surface area contributed by atoms with E-state index in [1.807, 2.05) is 48.2 Å². The van der Waals surface area contributed by atoms with Gasteiger partial charge in [0.2, 0.25) is 5.91 Å². The molecule has 0 radical (unpaired) electrons. The number of carbonyl (C=O) groups is 1. The second-order valence-electron chi connectivity index (χ2n) is 7.66. The lowest BCUT2D eigenvalue weighted by Gasteiger charge is -2.23. The second-order valence-corrected chi connectivity index (χ2v) is 9.66. The molecule has 0 N–H and O–H groups in total. The van der Waals surface area contributed by atoms with Crippen LogP contribution < -0.4 is 0 Å². The van der Waals surface area contributed by atoms with Crippen LogP contribution >= 0.6 is 23.1 Å². The molecule has 0 unspecified atom stereocenters. The molecule has 8 heteroatoms. The number of carbonyl (C=O) groups excluding carboxylic acids is 1. The van der Waals surface area contributed by atoms with Crippen molar-refractivity contribution in [1.29, 1.82) is 0 Å². The fourth-order valence-electron chi connectivity index (χ4n) is 3.98. The smallest absolute Gasteiger partial charge is 0.233 e. The highest BCUT2D eigenvalue weighted by molar-refractivity contribution is 7.99. The molecule has 0 saturated carbocycles. The highest BCUT2D eigenvalue weighted by atomic mass is 32.2. The summed E-state index contributed by atoms with van der Waals surface area (Å²) in [7, 11) is 0. The van der Waals surface area contributed by atoms with Crippen LogP contribution in [0.5, 0.6) is 0 Å². The molecule has 0 spiro atoms. The molecule has 1 saturated heterocycles. The number of fused-ring (bicyclic) bond motifs is 1. The number of amides is 1. The van der Waals surface area contributed by atoms with Crippen molar-refractivity contribution in [1.82, 2.24) is 24.6 Å². The van der Waals surface area contributed by atoms with E-state index < -0.39 is 0 Å². The third-order valence-corrected chi connectivity index (χ3v) is 7.67. The van der Waals surface area contributed by atoms with Crippen molar-refractivity contribution in [2.75, 3.05) is 12.3 Å². The molecule has 5 rings (SSSR count). The van der Waals surface area contributed by atoms with Gasteiger partial charge in [-0.15, -0.1) is 21.5 Å². The number of benzene rings is 2. The number of hydrogen-bond acceptors (Lipinski definition) is 6. The largest absolute Gasteiger partial charge is 0.332 e. The molecular weight excluding hydrogens is 426 g/mol. The maximum absolute atomic E-state index is 13.1. The first-order valence-corrected chi connectivity index (χ1v) is 12.2. The van der Waals surface area contributed by atoms with Crippen LogP contribution in [0.3, 0.4) is 0 Å². The molecule has 4 aromatic rings. The van der Waals surface area contributed by atoms with E-state index in [1.54, 1.807) is 11.3 Å². The van der Waals surface area contributed by atoms with Gasteiger partial charge >= 0.3 is 0 Å². The van der Waals surface area contributed by atoms with Crippen molar-refractivity contribution in [3.05, 3.63) is 71.0 Å². The first-order valence-electron chi connectivity index (χ1n) is 10.4. The number of rotatable bonds is 6. The van der Waals surface area contributed by atoms with Crippen LogP contribution in [0.25, 0.3) is 10.2 Å². The number of aryl methyl sites for hydroxylation is 1. The Labute approximate surface area is 189 Å². The Morgan fingerprint density at radius 2 is 1.94 bits per heavy atom. The molecule has 0 aliphatic carbocycles.